The zero-order valence-corrected chi connectivity index (χ0v) is 13.8. The third-order valence-electron chi connectivity index (χ3n) is 3.02. The smallest absolute Gasteiger partial charge is 0.138 e. The van der Waals surface area contributed by atoms with Crippen LogP contribution in [0, 0.1) is 6.92 Å². The number of hydrogen-bond donors (Lipinski definition) is 0. The van der Waals surface area contributed by atoms with Crippen LogP contribution in [0.25, 0.3) is 0 Å². The van der Waals surface area contributed by atoms with Gasteiger partial charge in [0.1, 0.15) is 15.8 Å². The Morgan fingerprint density at radius 2 is 2.14 bits per heavy atom. The number of thiophene rings is 1. The van der Waals surface area contributed by atoms with Crippen LogP contribution >= 0.6 is 34.5 Å². The highest BCUT2D eigenvalue weighted by atomic mass is 35.5. The second-order valence-corrected chi connectivity index (χ2v) is 7.46. The summed E-state index contributed by atoms with van der Waals surface area (Å²) in [6.45, 7) is 4.34. The zero-order valence-electron chi connectivity index (χ0n) is 11.5. The van der Waals surface area contributed by atoms with Crippen molar-refractivity contribution in [1.29, 1.82) is 0 Å². The molecule has 7 heteroatoms. The zero-order chi connectivity index (χ0) is 14.7. The van der Waals surface area contributed by atoms with Crippen LogP contribution in [0.4, 0.5) is 0 Å². The minimum atomic E-state index is 0.654. The number of furan rings is 1. The van der Waals surface area contributed by atoms with Gasteiger partial charge in [0.05, 0.1) is 12.8 Å². The van der Waals surface area contributed by atoms with Gasteiger partial charge in [-0.05, 0) is 31.2 Å². The summed E-state index contributed by atoms with van der Waals surface area (Å²) in [6, 6.07) is 8.19. The van der Waals surface area contributed by atoms with Crippen molar-refractivity contribution in [3.8, 4) is 0 Å². The Hall–Kier alpha value is -1.21. The topological polar surface area (TPSA) is 42.2 Å². The van der Waals surface area contributed by atoms with Gasteiger partial charge in [-0.3, -0.25) is 4.90 Å². The molecule has 110 valence electrons. The Kier molecular flexibility index (Phi) is 4.70. The van der Waals surface area contributed by atoms with E-state index in [1.165, 1.54) is 21.3 Å². The molecule has 0 unspecified atom stereocenters. The molecule has 0 aromatic carbocycles. The van der Waals surface area contributed by atoms with Crippen LogP contribution in [-0.2, 0) is 19.6 Å². The van der Waals surface area contributed by atoms with Crippen LogP contribution in [0.1, 0.15) is 21.2 Å². The lowest BCUT2D eigenvalue weighted by Crippen LogP contribution is -2.22. The van der Waals surface area contributed by atoms with Crippen LogP contribution in [0.2, 0.25) is 4.34 Å². The molecule has 0 aliphatic carbocycles. The van der Waals surface area contributed by atoms with Gasteiger partial charge in [-0.25, -0.2) is 0 Å². The predicted octanol–water partition coefficient (Wildman–Crippen LogP) is 4.36. The average molecular weight is 340 g/mol. The molecule has 0 amide bonds. The molecule has 3 aromatic heterocycles. The van der Waals surface area contributed by atoms with Gasteiger partial charge in [-0.2, -0.15) is 0 Å². The Morgan fingerprint density at radius 1 is 1.24 bits per heavy atom. The van der Waals surface area contributed by atoms with Gasteiger partial charge < -0.3 is 4.42 Å². The van der Waals surface area contributed by atoms with Gasteiger partial charge in [0, 0.05) is 34.4 Å². The summed E-state index contributed by atoms with van der Waals surface area (Å²) in [5.74, 6) is 0.933. The Balaban J connectivity index is 1.75. The molecule has 0 fully saturated rings. The summed E-state index contributed by atoms with van der Waals surface area (Å²) in [4.78, 5) is 4.89. The van der Waals surface area contributed by atoms with Crippen LogP contribution in [-0.4, -0.2) is 14.5 Å². The maximum Gasteiger partial charge on any atom is 0.138 e. The van der Waals surface area contributed by atoms with E-state index >= 15 is 0 Å². The van der Waals surface area contributed by atoms with E-state index in [9.17, 15) is 0 Å². The van der Waals surface area contributed by atoms with Crippen LogP contribution in [0.5, 0.6) is 0 Å². The summed E-state index contributed by atoms with van der Waals surface area (Å²) in [6.07, 6.45) is 1.69. The van der Waals surface area contributed by atoms with E-state index in [1.807, 2.05) is 12.1 Å². The third-order valence-corrected chi connectivity index (χ3v) is 4.99. The molecule has 0 spiro atoms. The first-order valence-corrected chi connectivity index (χ1v) is 8.44. The second kappa shape index (κ2) is 6.70. The SMILES string of the molecule is Cc1ccc(CN(Cc2ccco2)Cc2nnsc2Cl)s1. The molecule has 0 saturated carbocycles. The molecule has 3 heterocycles. The van der Waals surface area contributed by atoms with Crippen molar-refractivity contribution in [3.05, 3.63) is 56.1 Å². The first kappa shape index (κ1) is 14.7. The van der Waals surface area contributed by atoms with E-state index in [2.05, 4.69) is 33.5 Å². The molecule has 0 aliphatic rings. The number of hydrogen-bond acceptors (Lipinski definition) is 6. The summed E-state index contributed by atoms with van der Waals surface area (Å²) in [5.41, 5.74) is 0.821. The molecule has 3 rings (SSSR count). The summed E-state index contributed by atoms with van der Waals surface area (Å²) in [7, 11) is 0. The van der Waals surface area contributed by atoms with Gasteiger partial charge >= 0.3 is 0 Å². The third kappa shape index (κ3) is 3.91. The molecule has 4 nitrogen and oxygen atoms in total. The van der Waals surface area contributed by atoms with Crippen molar-refractivity contribution in [1.82, 2.24) is 14.5 Å². The van der Waals surface area contributed by atoms with Crippen molar-refractivity contribution in [2.45, 2.75) is 26.6 Å². The van der Waals surface area contributed by atoms with E-state index in [-0.39, 0.29) is 0 Å². The van der Waals surface area contributed by atoms with Crippen molar-refractivity contribution < 1.29 is 4.42 Å². The fourth-order valence-corrected chi connectivity index (χ4v) is 3.63. The maximum absolute atomic E-state index is 6.12. The van der Waals surface area contributed by atoms with E-state index in [4.69, 9.17) is 16.0 Å². The molecule has 0 N–H and O–H groups in total. The molecule has 3 aromatic rings. The van der Waals surface area contributed by atoms with E-state index < -0.39 is 0 Å². The summed E-state index contributed by atoms with van der Waals surface area (Å²) < 4.78 is 10.0. The summed E-state index contributed by atoms with van der Waals surface area (Å²) in [5, 5.41) is 4.10. The highest BCUT2D eigenvalue weighted by Gasteiger charge is 2.15. The van der Waals surface area contributed by atoms with E-state index in [1.54, 1.807) is 17.6 Å². The lowest BCUT2D eigenvalue weighted by atomic mass is 10.3. The highest BCUT2D eigenvalue weighted by Crippen LogP contribution is 2.23. The number of halogens is 1. The van der Waals surface area contributed by atoms with Crippen molar-refractivity contribution in [2.24, 2.45) is 0 Å². The molecule has 0 radical (unpaired) electrons. The largest absolute Gasteiger partial charge is 0.468 e. The molecular weight excluding hydrogens is 326 g/mol. The van der Waals surface area contributed by atoms with Gasteiger partial charge in [0.2, 0.25) is 0 Å². The van der Waals surface area contributed by atoms with Gasteiger partial charge in [0.15, 0.2) is 0 Å². The van der Waals surface area contributed by atoms with Gasteiger partial charge in [0.25, 0.3) is 0 Å². The number of rotatable bonds is 6. The van der Waals surface area contributed by atoms with Crippen LogP contribution < -0.4 is 0 Å². The van der Waals surface area contributed by atoms with Crippen molar-refractivity contribution >= 4 is 34.5 Å². The number of aromatic nitrogens is 2. The lowest BCUT2D eigenvalue weighted by Gasteiger charge is -2.19. The predicted molar refractivity (Wildman–Crippen MR) is 85.6 cm³/mol. The van der Waals surface area contributed by atoms with Gasteiger partial charge in [-0.15, -0.1) is 16.4 Å². The first-order valence-electron chi connectivity index (χ1n) is 6.47. The normalized spacial score (nSPS) is 11.4. The fraction of sp³-hybridized carbons (Fsp3) is 0.286. The molecule has 0 bridgehead atoms. The minimum Gasteiger partial charge on any atom is -0.468 e. The molecule has 0 saturated heterocycles. The molecular formula is C14H14ClN3OS2. The van der Waals surface area contributed by atoms with Crippen molar-refractivity contribution in [3.63, 3.8) is 0 Å². The molecule has 21 heavy (non-hydrogen) atoms. The number of aryl methyl sites for hydroxylation is 1. The second-order valence-electron chi connectivity index (χ2n) is 4.73. The van der Waals surface area contributed by atoms with E-state index in [0.29, 0.717) is 10.9 Å². The maximum atomic E-state index is 6.12. The Bertz CT molecular complexity index is 693. The fourth-order valence-electron chi connectivity index (χ4n) is 2.08. The lowest BCUT2D eigenvalue weighted by molar-refractivity contribution is 0.226. The first-order chi connectivity index (χ1) is 10.2. The Labute approximate surface area is 136 Å². The van der Waals surface area contributed by atoms with Gasteiger partial charge in [-0.1, -0.05) is 16.1 Å². The minimum absolute atomic E-state index is 0.654. The highest BCUT2D eigenvalue weighted by molar-refractivity contribution is 7.11. The quantitative estimate of drug-likeness (QED) is 0.669. The standard InChI is InChI=1S/C14H14ClN3OS2/c1-10-4-5-12(20-10)8-18(7-11-3-2-6-19-11)9-13-14(15)21-17-16-13/h2-6H,7-9H2,1H3. The van der Waals surface area contributed by atoms with Crippen molar-refractivity contribution in [2.75, 3.05) is 0 Å². The van der Waals surface area contributed by atoms with E-state index in [0.717, 1.165) is 24.5 Å². The van der Waals surface area contributed by atoms with Crippen LogP contribution in [0.15, 0.2) is 34.9 Å². The number of nitrogens with zero attached hydrogens (tertiary/aromatic N) is 3. The molecule has 0 atom stereocenters. The van der Waals surface area contributed by atoms with Crippen LogP contribution in [0.3, 0.4) is 0 Å². The average Bonchev–Trinajstić information content (AvgIpc) is 3.16. The monoisotopic (exact) mass is 339 g/mol. The molecule has 0 aliphatic heterocycles. The summed E-state index contributed by atoms with van der Waals surface area (Å²) >= 11 is 9.15. The Morgan fingerprint density at radius 3 is 2.76 bits per heavy atom.